The van der Waals surface area contributed by atoms with Gasteiger partial charge in [0.25, 0.3) is 0 Å². The standard InChI is InChI=1S/C18H22N4O3/c23-17(24)12-8-13(9-12)19-18(25)22-7-3-4-11(10-22)16-20-14-5-1-2-6-15(14)21-16/h1-2,5-6,11-13H,3-4,7-10H2,(H,19,25)(H,20,21)(H,23,24). The van der Waals surface area contributed by atoms with E-state index in [0.29, 0.717) is 19.4 Å². The molecule has 3 N–H and O–H groups in total. The van der Waals surface area contributed by atoms with Crippen molar-refractivity contribution < 1.29 is 14.7 Å². The molecule has 7 nitrogen and oxygen atoms in total. The fourth-order valence-electron chi connectivity index (χ4n) is 3.75. The van der Waals surface area contributed by atoms with E-state index in [2.05, 4.69) is 15.3 Å². The van der Waals surface area contributed by atoms with Crippen molar-refractivity contribution in [3.8, 4) is 0 Å². The summed E-state index contributed by atoms with van der Waals surface area (Å²) < 4.78 is 0. The fraction of sp³-hybridized carbons (Fsp3) is 0.500. The molecule has 7 heteroatoms. The Balaban J connectivity index is 1.37. The van der Waals surface area contributed by atoms with Crippen molar-refractivity contribution in [3.63, 3.8) is 0 Å². The van der Waals surface area contributed by atoms with Gasteiger partial charge >= 0.3 is 12.0 Å². The van der Waals surface area contributed by atoms with Gasteiger partial charge in [0, 0.05) is 25.0 Å². The number of urea groups is 1. The highest BCUT2D eigenvalue weighted by Gasteiger charge is 2.36. The first-order valence-corrected chi connectivity index (χ1v) is 8.83. The number of para-hydroxylation sites is 2. The molecule has 2 heterocycles. The summed E-state index contributed by atoms with van der Waals surface area (Å²) in [6.45, 7) is 1.37. The molecule has 0 bridgehead atoms. The van der Waals surface area contributed by atoms with Gasteiger partial charge in [-0.1, -0.05) is 12.1 Å². The predicted molar refractivity (Wildman–Crippen MR) is 92.3 cm³/mol. The minimum atomic E-state index is -0.770. The van der Waals surface area contributed by atoms with Crippen LogP contribution in [0, 0.1) is 5.92 Å². The summed E-state index contributed by atoms with van der Waals surface area (Å²) in [7, 11) is 0. The lowest BCUT2D eigenvalue weighted by atomic mass is 9.80. The van der Waals surface area contributed by atoms with E-state index >= 15 is 0 Å². The Morgan fingerprint density at radius 3 is 2.84 bits per heavy atom. The molecule has 1 atom stereocenters. The number of hydrogen-bond donors (Lipinski definition) is 3. The van der Waals surface area contributed by atoms with E-state index in [9.17, 15) is 9.59 Å². The van der Waals surface area contributed by atoms with E-state index in [4.69, 9.17) is 5.11 Å². The van der Waals surface area contributed by atoms with Crippen LogP contribution in [0.1, 0.15) is 37.4 Å². The van der Waals surface area contributed by atoms with Gasteiger partial charge in [-0.3, -0.25) is 4.79 Å². The number of piperidine rings is 1. The summed E-state index contributed by atoms with van der Waals surface area (Å²) in [5, 5.41) is 11.9. The van der Waals surface area contributed by atoms with Crippen LogP contribution >= 0.6 is 0 Å². The molecular formula is C18H22N4O3. The number of nitrogens with zero attached hydrogens (tertiary/aromatic N) is 2. The number of carbonyl (C=O) groups excluding carboxylic acids is 1. The minimum Gasteiger partial charge on any atom is -0.481 e. The highest BCUT2D eigenvalue weighted by molar-refractivity contribution is 5.77. The Bertz CT molecular complexity index is 763. The topological polar surface area (TPSA) is 98.3 Å². The van der Waals surface area contributed by atoms with Crippen molar-refractivity contribution in [2.45, 2.75) is 37.6 Å². The highest BCUT2D eigenvalue weighted by atomic mass is 16.4. The second-order valence-electron chi connectivity index (χ2n) is 7.08. The molecule has 25 heavy (non-hydrogen) atoms. The van der Waals surface area contributed by atoms with Crippen LogP contribution in [0.25, 0.3) is 11.0 Å². The molecule has 4 rings (SSSR count). The van der Waals surface area contributed by atoms with E-state index in [1.54, 1.807) is 0 Å². The first-order valence-electron chi connectivity index (χ1n) is 8.83. The number of aromatic nitrogens is 2. The molecule has 2 aliphatic rings. The third-order valence-electron chi connectivity index (χ3n) is 5.32. The zero-order valence-corrected chi connectivity index (χ0v) is 13.9. The number of benzene rings is 1. The summed E-state index contributed by atoms with van der Waals surface area (Å²) in [5.41, 5.74) is 1.97. The molecule has 1 aliphatic carbocycles. The van der Waals surface area contributed by atoms with Crippen LogP contribution in [-0.2, 0) is 4.79 Å². The molecule has 0 spiro atoms. The van der Waals surface area contributed by atoms with Crippen molar-refractivity contribution in [3.05, 3.63) is 30.1 Å². The van der Waals surface area contributed by atoms with Crippen LogP contribution in [0.4, 0.5) is 4.79 Å². The number of H-pyrrole nitrogens is 1. The number of aliphatic carboxylic acids is 1. The number of imidazole rings is 1. The number of likely N-dealkylation sites (tertiary alicyclic amines) is 1. The number of hydrogen-bond acceptors (Lipinski definition) is 3. The average molecular weight is 342 g/mol. The number of rotatable bonds is 3. The quantitative estimate of drug-likeness (QED) is 0.797. The van der Waals surface area contributed by atoms with E-state index in [1.165, 1.54) is 0 Å². The second-order valence-corrected chi connectivity index (χ2v) is 7.08. The summed E-state index contributed by atoms with van der Waals surface area (Å²) >= 11 is 0. The fourth-order valence-corrected chi connectivity index (χ4v) is 3.75. The SMILES string of the molecule is O=C(O)C1CC(NC(=O)N2CCCC(c3nc4ccccc4[nH]3)C2)C1. The molecule has 2 fully saturated rings. The lowest BCUT2D eigenvalue weighted by Gasteiger charge is -2.37. The Morgan fingerprint density at radius 2 is 2.08 bits per heavy atom. The first-order chi connectivity index (χ1) is 12.1. The molecule has 1 aliphatic heterocycles. The summed E-state index contributed by atoms with van der Waals surface area (Å²) in [5.74, 6) is 0.0664. The second kappa shape index (κ2) is 6.38. The van der Waals surface area contributed by atoms with Gasteiger partial charge in [-0.05, 0) is 37.8 Å². The van der Waals surface area contributed by atoms with Crippen LogP contribution in [-0.4, -0.2) is 51.1 Å². The third kappa shape index (κ3) is 3.18. The third-order valence-corrected chi connectivity index (χ3v) is 5.32. The number of nitrogens with one attached hydrogen (secondary N) is 2. The van der Waals surface area contributed by atoms with Gasteiger partial charge in [0.05, 0.1) is 17.0 Å². The Morgan fingerprint density at radius 1 is 1.28 bits per heavy atom. The van der Waals surface area contributed by atoms with Crippen molar-refractivity contribution in [1.29, 1.82) is 0 Å². The van der Waals surface area contributed by atoms with Gasteiger partial charge in [0.1, 0.15) is 5.82 Å². The zero-order chi connectivity index (χ0) is 17.4. The minimum absolute atomic E-state index is 0.0137. The first kappa shape index (κ1) is 15.9. The van der Waals surface area contributed by atoms with Gasteiger partial charge in [0.15, 0.2) is 0 Å². The molecule has 1 saturated carbocycles. The molecule has 132 valence electrons. The Kier molecular flexibility index (Phi) is 4.07. The average Bonchev–Trinajstić information content (AvgIpc) is 3.01. The van der Waals surface area contributed by atoms with Crippen LogP contribution in [0.3, 0.4) is 0 Å². The number of carboxylic acids is 1. The lowest BCUT2D eigenvalue weighted by Crippen LogP contribution is -2.53. The molecule has 2 amide bonds. The molecule has 1 unspecified atom stereocenters. The zero-order valence-electron chi connectivity index (χ0n) is 13.9. The molecule has 1 saturated heterocycles. The number of aromatic amines is 1. The van der Waals surface area contributed by atoms with Crippen LogP contribution in [0.5, 0.6) is 0 Å². The number of amides is 2. The van der Waals surface area contributed by atoms with Gasteiger partial charge in [-0.15, -0.1) is 0 Å². The van der Waals surface area contributed by atoms with Crippen molar-refractivity contribution >= 4 is 23.0 Å². The van der Waals surface area contributed by atoms with E-state index in [1.807, 2.05) is 29.2 Å². The van der Waals surface area contributed by atoms with Gasteiger partial charge < -0.3 is 20.3 Å². The number of fused-ring (bicyclic) bond motifs is 1. The lowest BCUT2D eigenvalue weighted by molar-refractivity contribution is -0.145. The maximum Gasteiger partial charge on any atom is 0.317 e. The van der Waals surface area contributed by atoms with Crippen LogP contribution in [0.15, 0.2) is 24.3 Å². The number of carbonyl (C=O) groups is 2. The van der Waals surface area contributed by atoms with Gasteiger partial charge in [-0.25, -0.2) is 9.78 Å². The summed E-state index contributed by atoms with van der Waals surface area (Å²) in [4.78, 5) is 33.2. The van der Waals surface area contributed by atoms with Crippen LogP contribution < -0.4 is 5.32 Å². The smallest absolute Gasteiger partial charge is 0.317 e. The molecule has 1 aromatic carbocycles. The van der Waals surface area contributed by atoms with Crippen molar-refractivity contribution in [2.75, 3.05) is 13.1 Å². The molecule has 1 aromatic heterocycles. The number of carboxylic acid groups (broad SMARTS) is 1. The summed E-state index contributed by atoms with van der Waals surface area (Å²) in [6, 6.07) is 7.84. The van der Waals surface area contributed by atoms with Crippen LogP contribution in [0.2, 0.25) is 0 Å². The van der Waals surface area contributed by atoms with E-state index in [0.717, 1.165) is 36.2 Å². The van der Waals surface area contributed by atoms with Gasteiger partial charge in [0.2, 0.25) is 0 Å². The highest BCUT2D eigenvalue weighted by Crippen LogP contribution is 2.29. The Labute approximate surface area is 145 Å². The molecule has 2 aromatic rings. The van der Waals surface area contributed by atoms with Crippen molar-refractivity contribution in [1.82, 2.24) is 20.2 Å². The maximum atomic E-state index is 12.5. The predicted octanol–water partition coefficient (Wildman–Crippen LogP) is 2.32. The van der Waals surface area contributed by atoms with E-state index in [-0.39, 0.29) is 23.9 Å². The molecular weight excluding hydrogens is 320 g/mol. The van der Waals surface area contributed by atoms with Gasteiger partial charge in [-0.2, -0.15) is 0 Å². The monoisotopic (exact) mass is 342 g/mol. The van der Waals surface area contributed by atoms with E-state index < -0.39 is 5.97 Å². The maximum absolute atomic E-state index is 12.5. The molecule has 0 radical (unpaired) electrons. The summed E-state index contributed by atoms with van der Waals surface area (Å²) in [6.07, 6.45) is 3.01. The largest absolute Gasteiger partial charge is 0.481 e. The normalized spacial score (nSPS) is 26.2. The Hall–Kier alpha value is -2.57. The van der Waals surface area contributed by atoms with Crippen molar-refractivity contribution in [2.24, 2.45) is 5.92 Å².